The van der Waals surface area contributed by atoms with Crippen LogP contribution < -0.4 is 9.21 Å². The van der Waals surface area contributed by atoms with E-state index in [9.17, 15) is 13.2 Å². The van der Waals surface area contributed by atoms with Crippen molar-refractivity contribution in [2.24, 2.45) is 0 Å². The van der Waals surface area contributed by atoms with Gasteiger partial charge in [-0.05, 0) is 55.4 Å². The van der Waals surface area contributed by atoms with Gasteiger partial charge in [-0.1, -0.05) is 6.07 Å². The van der Waals surface area contributed by atoms with E-state index in [4.69, 9.17) is 4.98 Å². The van der Waals surface area contributed by atoms with E-state index in [1.54, 1.807) is 17.0 Å². The minimum atomic E-state index is -3.25. The Kier molecular flexibility index (Phi) is 5.08. The average Bonchev–Trinajstić information content (AvgIpc) is 3.56. The molecule has 0 atom stereocenters. The van der Waals surface area contributed by atoms with Crippen molar-refractivity contribution in [1.82, 2.24) is 14.9 Å². The molecule has 2 aromatic rings. The molecule has 1 saturated carbocycles. The van der Waals surface area contributed by atoms with Crippen molar-refractivity contribution >= 4 is 27.4 Å². The molecule has 0 N–H and O–H groups in total. The number of rotatable bonds is 4. The highest BCUT2D eigenvalue weighted by Gasteiger charge is 2.30. The summed E-state index contributed by atoms with van der Waals surface area (Å²) in [5, 5.41) is 0. The number of carbonyl (C=O) groups is 1. The fourth-order valence-corrected chi connectivity index (χ4v) is 5.98. The van der Waals surface area contributed by atoms with Crippen LogP contribution in [0.2, 0.25) is 0 Å². The van der Waals surface area contributed by atoms with Crippen LogP contribution in [-0.2, 0) is 10.0 Å². The number of aromatic nitrogens is 2. The number of amides is 1. The second-order valence-corrected chi connectivity index (χ2v) is 10.6. The zero-order valence-corrected chi connectivity index (χ0v) is 18.5. The molecular formula is C22H27N5O3S. The molecule has 2 aliphatic heterocycles. The van der Waals surface area contributed by atoms with Crippen LogP contribution in [-0.4, -0.2) is 67.7 Å². The van der Waals surface area contributed by atoms with Crippen LogP contribution in [0.15, 0.2) is 30.6 Å². The largest absolute Gasteiger partial charge is 0.353 e. The van der Waals surface area contributed by atoms with Crippen molar-refractivity contribution < 1.29 is 13.2 Å². The van der Waals surface area contributed by atoms with Gasteiger partial charge in [0.25, 0.3) is 5.91 Å². The zero-order valence-electron chi connectivity index (χ0n) is 17.7. The second-order valence-electron chi connectivity index (χ2n) is 8.61. The van der Waals surface area contributed by atoms with Crippen molar-refractivity contribution in [2.45, 2.75) is 32.1 Å². The Balaban J connectivity index is 1.22. The van der Waals surface area contributed by atoms with Crippen LogP contribution in [0.5, 0.6) is 0 Å². The molecule has 0 bridgehead atoms. The summed E-state index contributed by atoms with van der Waals surface area (Å²) < 4.78 is 25.5. The first kappa shape index (κ1) is 20.2. The number of nitrogens with zero attached hydrogens (tertiary/aromatic N) is 5. The first-order valence-electron chi connectivity index (χ1n) is 10.9. The van der Waals surface area contributed by atoms with Gasteiger partial charge in [0.1, 0.15) is 11.5 Å². The van der Waals surface area contributed by atoms with Gasteiger partial charge in [0, 0.05) is 38.9 Å². The van der Waals surface area contributed by atoms with Gasteiger partial charge in [0.05, 0.1) is 17.6 Å². The Hall–Kier alpha value is -2.68. The number of sulfonamides is 1. The van der Waals surface area contributed by atoms with Crippen molar-refractivity contribution in [3.8, 4) is 0 Å². The lowest BCUT2D eigenvalue weighted by Crippen LogP contribution is -2.49. The smallest absolute Gasteiger partial charge is 0.272 e. The van der Waals surface area contributed by atoms with Gasteiger partial charge in [-0.3, -0.25) is 9.10 Å². The third-order valence-electron chi connectivity index (χ3n) is 6.34. The Morgan fingerprint density at radius 1 is 1.03 bits per heavy atom. The summed E-state index contributed by atoms with van der Waals surface area (Å²) >= 11 is 0. The molecule has 0 radical (unpaired) electrons. The third-order valence-corrected chi connectivity index (χ3v) is 8.21. The molecule has 3 aliphatic rings. The molecule has 0 unspecified atom stereocenters. The summed E-state index contributed by atoms with van der Waals surface area (Å²) in [5.41, 5.74) is 3.40. The van der Waals surface area contributed by atoms with Crippen molar-refractivity contribution in [3.05, 3.63) is 47.4 Å². The molecule has 164 valence electrons. The molecule has 2 saturated heterocycles. The first-order chi connectivity index (χ1) is 14.9. The lowest BCUT2D eigenvalue weighted by atomic mass is 10.1. The molecule has 31 heavy (non-hydrogen) atoms. The second kappa shape index (κ2) is 7.78. The SMILES string of the molecule is Cc1cc(C2CC2)cnc1N1CCN(C(=O)c2ccc(N3CCCS3(=O)=O)cn2)CC1. The van der Waals surface area contributed by atoms with Crippen molar-refractivity contribution in [2.75, 3.05) is 47.7 Å². The fourth-order valence-electron chi connectivity index (χ4n) is 4.43. The molecule has 2 aromatic heterocycles. The lowest BCUT2D eigenvalue weighted by Gasteiger charge is -2.36. The van der Waals surface area contributed by atoms with E-state index < -0.39 is 10.0 Å². The minimum Gasteiger partial charge on any atom is -0.353 e. The standard InChI is InChI=1S/C22H27N5O3S/c1-16-13-18(17-3-4-17)14-24-21(16)25-8-10-26(11-9-25)22(28)20-6-5-19(15-23-20)27-7-2-12-31(27,29)30/h5-6,13-15,17H,2-4,7-12H2,1H3. The summed E-state index contributed by atoms with van der Waals surface area (Å²) in [6.45, 7) is 5.24. The highest BCUT2D eigenvalue weighted by atomic mass is 32.2. The number of carbonyl (C=O) groups excluding carboxylic acids is 1. The first-order valence-corrected chi connectivity index (χ1v) is 12.5. The Morgan fingerprint density at radius 2 is 1.81 bits per heavy atom. The molecular weight excluding hydrogens is 414 g/mol. The van der Waals surface area contributed by atoms with E-state index in [-0.39, 0.29) is 11.7 Å². The summed E-state index contributed by atoms with van der Waals surface area (Å²) in [7, 11) is -3.25. The molecule has 9 heteroatoms. The van der Waals surface area contributed by atoms with Crippen LogP contribution in [0.25, 0.3) is 0 Å². The van der Waals surface area contributed by atoms with Crippen LogP contribution >= 0.6 is 0 Å². The Bertz CT molecular complexity index is 1090. The number of aryl methyl sites for hydroxylation is 1. The predicted octanol–water partition coefficient (Wildman–Crippen LogP) is 2.16. The Labute approximate surface area is 182 Å². The highest BCUT2D eigenvalue weighted by molar-refractivity contribution is 7.93. The minimum absolute atomic E-state index is 0.121. The zero-order chi connectivity index (χ0) is 21.6. The summed E-state index contributed by atoms with van der Waals surface area (Å²) in [6.07, 6.45) is 6.64. The molecule has 0 spiro atoms. The predicted molar refractivity (Wildman–Crippen MR) is 119 cm³/mol. The maximum absolute atomic E-state index is 12.9. The third kappa shape index (κ3) is 3.98. The molecule has 0 aromatic carbocycles. The van der Waals surface area contributed by atoms with E-state index >= 15 is 0 Å². The quantitative estimate of drug-likeness (QED) is 0.723. The van der Waals surface area contributed by atoms with Crippen LogP contribution in [0.4, 0.5) is 11.5 Å². The van der Waals surface area contributed by atoms with Crippen LogP contribution in [0.3, 0.4) is 0 Å². The van der Waals surface area contributed by atoms with Gasteiger partial charge < -0.3 is 9.80 Å². The Morgan fingerprint density at radius 3 is 2.39 bits per heavy atom. The molecule has 5 rings (SSSR count). The highest BCUT2D eigenvalue weighted by Crippen LogP contribution is 2.40. The van der Waals surface area contributed by atoms with Gasteiger partial charge in [-0.2, -0.15) is 0 Å². The van der Waals surface area contributed by atoms with Crippen LogP contribution in [0, 0.1) is 6.92 Å². The maximum Gasteiger partial charge on any atom is 0.272 e. The van der Waals surface area contributed by atoms with Crippen molar-refractivity contribution in [1.29, 1.82) is 0 Å². The van der Waals surface area contributed by atoms with E-state index in [1.807, 2.05) is 6.20 Å². The maximum atomic E-state index is 12.9. The average molecular weight is 442 g/mol. The van der Waals surface area contributed by atoms with Crippen molar-refractivity contribution in [3.63, 3.8) is 0 Å². The fraction of sp³-hybridized carbons (Fsp3) is 0.500. The summed E-state index contributed by atoms with van der Waals surface area (Å²) in [5.74, 6) is 1.74. The number of hydrogen-bond donors (Lipinski definition) is 0. The lowest BCUT2D eigenvalue weighted by molar-refractivity contribution is 0.0740. The van der Waals surface area contributed by atoms with E-state index in [0.29, 0.717) is 43.4 Å². The van der Waals surface area contributed by atoms with Gasteiger partial charge in [-0.15, -0.1) is 0 Å². The van der Waals surface area contributed by atoms with E-state index in [1.165, 1.54) is 34.5 Å². The van der Waals surface area contributed by atoms with Crippen LogP contribution in [0.1, 0.15) is 46.8 Å². The molecule has 8 nitrogen and oxygen atoms in total. The number of piperazine rings is 1. The topological polar surface area (TPSA) is 86.7 Å². The summed E-state index contributed by atoms with van der Waals surface area (Å²) in [6, 6.07) is 5.55. The number of pyridine rings is 2. The molecule has 1 aliphatic carbocycles. The summed E-state index contributed by atoms with van der Waals surface area (Å²) in [4.78, 5) is 25.9. The van der Waals surface area contributed by atoms with Gasteiger partial charge in [0.15, 0.2) is 0 Å². The molecule has 1 amide bonds. The monoisotopic (exact) mass is 441 g/mol. The molecule has 3 fully saturated rings. The van der Waals surface area contributed by atoms with E-state index in [2.05, 4.69) is 22.9 Å². The normalized spacial score (nSPS) is 20.9. The van der Waals surface area contributed by atoms with E-state index in [0.717, 1.165) is 18.9 Å². The van der Waals surface area contributed by atoms with Gasteiger partial charge in [0.2, 0.25) is 10.0 Å². The number of anilines is 2. The molecule has 4 heterocycles. The van der Waals surface area contributed by atoms with Gasteiger partial charge >= 0.3 is 0 Å². The number of hydrogen-bond acceptors (Lipinski definition) is 6. The van der Waals surface area contributed by atoms with Gasteiger partial charge in [-0.25, -0.2) is 18.4 Å².